The molecule has 4 amide bonds. The normalized spacial score (nSPS) is 14.7. The van der Waals surface area contributed by atoms with Crippen molar-refractivity contribution in [1.82, 2.24) is 25.9 Å². The SMILES string of the molecule is CC(C)C(NC(=O)C(Cc1cnc[nH]1)NC(=O)C(N)CO)C(=O)NC(CC(N)=O)C(=O)O. The van der Waals surface area contributed by atoms with Crippen molar-refractivity contribution in [3.63, 3.8) is 0 Å². The number of aromatic amines is 1. The van der Waals surface area contributed by atoms with Gasteiger partial charge in [-0.15, -0.1) is 0 Å². The van der Waals surface area contributed by atoms with Crippen molar-refractivity contribution in [2.75, 3.05) is 6.61 Å². The molecule has 178 valence electrons. The lowest BCUT2D eigenvalue weighted by molar-refractivity contribution is -0.144. The van der Waals surface area contributed by atoms with E-state index >= 15 is 0 Å². The molecule has 0 spiro atoms. The lowest BCUT2D eigenvalue weighted by Gasteiger charge is -2.26. The number of amides is 4. The first kappa shape index (κ1) is 26.5. The molecule has 14 nitrogen and oxygen atoms in total. The van der Waals surface area contributed by atoms with Gasteiger partial charge in [0.05, 0.1) is 19.4 Å². The zero-order valence-corrected chi connectivity index (χ0v) is 17.7. The third-order valence-corrected chi connectivity index (χ3v) is 4.41. The standard InChI is InChI=1S/C18H29N7O7/c1-8(2)14(17(30)24-12(18(31)32)4-13(20)27)25-16(29)11(3-9-5-21-7-22-9)23-15(28)10(19)6-26/h5,7-8,10-12,14,26H,3-4,6,19H2,1-2H3,(H2,20,27)(H,21,22)(H,23,28)(H,24,30)(H,25,29)(H,31,32). The third kappa shape index (κ3) is 8.31. The number of imidazole rings is 1. The van der Waals surface area contributed by atoms with Gasteiger partial charge in [0, 0.05) is 18.3 Å². The first-order valence-corrected chi connectivity index (χ1v) is 9.72. The summed E-state index contributed by atoms with van der Waals surface area (Å²) in [5.41, 5.74) is 11.0. The van der Waals surface area contributed by atoms with Crippen molar-refractivity contribution in [2.24, 2.45) is 17.4 Å². The first-order chi connectivity index (χ1) is 15.0. The van der Waals surface area contributed by atoms with Gasteiger partial charge in [0.15, 0.2) is 0 Å². The number of H-pyrrole nitrogens is 1. The molecule has 0 aliphatic carbocycles. The quantitative estimate of drug-likeness (QED) is 0.146. The highest BCUT2D eigenvalue weighted by Crippen LogP contribution is 2.06. The Morgan fingerprint density at radius 1 is 1.06 bits per heavy atom. The Kier molecular flexibility index (Phi) is 10.2. The van der Waals surface area contributed by atoms with Gasteiger partial charge >= 0.3 is 5.97 Å². The smallest absolute Gasteiger partial charge is 0.326 e. The van der Waals surface area contributed by atoms with Crippen molar-refractivity contribution in [3.05, 3.63) is 18.2 Å². The molecule has 0 saturated heterocycles. The van der Waals surface area contributed by atoms with Crippen LogP contribution in [0.25, 0.3) is 0 Å². The van der Waals surface area contributed by atoms with E-state index in [2.05, 4.69) is 25.9 Å². The van der Waals surface area contributed by atoms with Crippen LogP contribution in [0.4, 0.5) is 0 Å². The maximum atomic E-state index is 12.9. The second-order valence-corrected chi connectivity index (χ2v) is 7.43. The van der Waals surface area contributed by atoms with Crippen molar-refractivity contribution in [2.45, 2.75) is 50.9 Å². The van der Waals surface area contributed by atoms with Crippen LogP contribution in [0.5, 0.6) is 0 Å². The van der Waals surface area contributed by atoms with Gasteiger partial charge in [-0.2, -0.15) is 0 Å². The van der Waals surface area contributed by atoms with Gasteiger partial charge in [0.25, 0.3) is 0 Å². The van der Waals surface area contributed by atoms with Crippen LogP contribution < -0.4 is 27.4 Å². The zero-order chi connectivity index (χ0) is 24.4. The highest BCUT2D eigenvalue weighted by atomic mass is 16.4. The van der Waals surface area contributed by atoms with Crippen molar-refractivity contribution >= 4 is 29.6 Å². The molecule has 0 saturated carbocycles. The molecule has 0 bridgehead atoms. The van der Waals surface area contributed by atoms with Gasteiger partial charge in [-0.1, -0.05) is 13.8 Å². The number of aliphatic hydroxyl groups excluding tert-OH is 1. The summed E-state index contributed by atoms with van der Waals surface area (Å²) in [6.45, 7) is 2.58. The van der Waals surface area contributed by atoms with E-state index in [1.165, 1.54) is 12.5 Å². The Labute approximate surface area is 183 Å². The Bertz CT molecular complexity index is 813. The molecule has 4 atom stereocenters. The molecule has 1 aromatic heterocycles. The number of carbonyl (C=O) groups is 5. The Morgan fingerprint density at radius 3 is 2.16 bits per heavy atom. The molecule has 0 aliphatic heterocycles. The number of nitrogens with two attached hydrogens (primary N) is 2. The van der Waals surface area contributed by atoms with Crippen molar-refractivity contribution < 1.29 is 34.2 Å². The average molecular weight is 455 g/mol. The Morgan fingerprint density at radius 2 is 1.69 bits per heavy atom. The Balaban J connectivity index is 3.00. The molecule has 0 aromatic carbocycles. The number of carboxylic acid groups (broad SMARTS) is 1. The van der Waals surface area contributed by atoms with E-state index in [9.17, 15) is 29.1 Å². The zero-order valence-electron chi connectivity index (χ0n) is 17.7. The minimum Gasteiger partial charge on any atom is -0.480 e. The molecule has 4 unspecified atom stereocenters. The average Bonchev–Trinajstić information content (AvgIpc) is 3.22. The number of rotatable bonds is 13. The summed E-state index contributed by atoms with van der Waals surface area (Å²) >= 11 is 0. The molecule has 0 radical (unpaired) electrons. The third-order valence-electron chi connectivity index (χ3n) is 4.41. The first-order valence-electron chi connectivity index (χ1n) is 9.72. The lowest BCUT2D eigenvalue weighted by atomic mass is 10.0. The molecule has 32 heavy (non-hydrogen) atoms. The number of hydrogen-bond donors (Lipinski definition) is 8. The molecular formula is C18H29N7O7. The van der Waals surface area contributed by atoms with Crippen LogP contribution in [0.3, 0.4) is 0 Å². The number of carbonyl (C=O) groups excluding carboxylic acids is 4. The molecular weight excluding hydrogens is 426 g/mol. The summed E-state index contributed by atoms with van der Waals surface area (Å²) in [6, 6.07) is -5.21. The van der Waals surface area contributed by atoms with Gasteiger partial charge in [-0.3, -0.25) is 19.2 Å². The minimum absolute atomic E-state index is 0.0262. The highest BCUT2D eigenvalue weighted by Gasteiger charge is 2.32. The van der Waals surface area contributed by atoms with Gasteiger partial charge in [0.1, 0.15) is 24.2 Å². The van der Waals surface area contributed by atoms with Gasteiger partial charge in [0.2, 0.25) is 23.6 Å². The lowest BCUT2D eigenvalue weighted by Crippen LogP contribution is -2.59. The fraction of sp³-hybridized carbons (Fsp3) is 0.556. The van der Waals surface area contributed by atoms with Crippen molar-refractivity contribution in [1.29, 1.82) is 0 Å². The number of carboxylic acids is 1. The number of nitrogens with one attached hydrogen (secondary N) is 4. The second kappa shape index (κ2) is 12.4. The summed E-state index contributed by atoms with van der Waals surface area (Å²) < 4.78 is 0. The molecule has 10 N–H and O–H groups in total. The summed E-state index contributed by atoms with van der Waals surface area (Å²) in [6.07, 6.45) is 2.16. The number of primary amides is 1. The summed E-state index contributed by atoms with van der Waals surface area (Å²) in [7, 11) is 0. The van der Waals surface area contributed by atoms with Crippen LogP contribution in [0.15, 0.2) is 12.5 Å². The maximum absolute atomic E-state index is 12.9. The minimum atomic E-state index is -1.57. The topological polar surface area (TPSA) is 243 Å². The van der Waals surface area contributed by atoms with Crippen LogP contribution in [-0.2, 0) is 30.4 Å². The molecule has 1 aromatic rings. The second-order valence-electron chi connectivity index (χ2n) is 7.43. The molecule has 0 aliphatic rings. The molecule has 14 heteroatoms. The number of hydrogen-bond acceptors (Lipinski definition) is 8. The summed E-state index contributed by atoms with van der Waals surface area (Å²) in [5, 5.41) is 25.3. The van der Waals surface area contributed by atoms with Crippen LogP contribution in [-0.4, -0.2) is 80.6 Å². The van der Waals surface area contributed by atoms with Crippen LogP contribution in [0.2, 0.25) is 0 Å². The van der Waals surface area contributed by atoms with Crippen LogP contribution >= 0.6 is 0 Å². The van der Waals surface area contributed by atoms with Gasteiger partial charge < -0.3 is 42.6 Å². The van der Waals surface area contributed by atoms with E-state index in [1.807, 2.05) is 0 Å². The van der Waals surface area contributed by atoms with E-state index in [0.717, 1.165) is 0 Å². The molecule has 1 rings (SSSR count). The van der Waals surface area contributed by atoms with E-state index < -0.39 is 72.7 Å². The maximum Gasteiger partial charge on any atom is 0.326 e. The monoisotopic (exact) mass is 455 g/mol. The summed E-state index contributed by atoms with van der Waals surface area (Å²) in [4.78, 5) is 66.6. The molecule has 1 heterocycles. The van der Waals surface area contributed by atoms with E-state index in [0.29, 0.717) is 5.69 Å². The van der Waals surface area contributed by atoms with E-state index in [1.54, 1.807) is 13.8 Å². The number of aromatic nitrogens is 2. The fourth-order valence-electron chi connectivity index (χ4n) is 2.64. The van der Waals surface area contributed by atoms with Crippen LogP contribution in [0.1, 0.15) is 26.0 Å². The van der Waals surface area contributed by atoms with Crippen molar-refractivity contribution in [3.8, 4) is 0 Å². The predicted molar refractivity (Wildman–Crippen MR) is 109 cm³/mol. The van der Waals surface area contributed by atoms with Crippen LogP contribution in [0, 0.1) is 5.92 Å². The molecule has 0 fully saturated rings. The predicted octanol–water partition coefficient (Wildman–Crippen LogP) is -3.66. The number of aliphatic carboxylic acids is 1. The largest absolute Gasteiger partial charge is 0.480 e. The number of nitrogens with zero attached hydrogens (tertiary/aromatic N) is 1. The van der Waals surface area contributed by atoms with Gasteiger partial charge in [-0.25, -0.2) is 9.78 Å². The van der Waals surface area contributed by atoms with Gasteiger partial charge in [-0.05, 0) is 5.92 Å². The highest BCUT2D eigenvalue weighted by molar-refractivity contribution is 5.95. The fourth-order valence-corrected chi connectivity index (χ4v) is 2.64. The summed E-state index contributed by atoms with van der Waals surface area (Å²) in [5.74, 6) is -5.26. The van der Waals surface area contributed by atoms with E-state index in [4.69, 9.17) is 16.6 Å². The van der Waals surface area contributed by atoms with E-state index in [-0.39, 0.29) is 6.42 Å². The number of aliphatic hydroxyl groups is 1. The Hall–Kier alpha value is -3.52.